The molecule has 2 aromatic rings. The van der Waals surface area contributed by atoms with Gasteiger partial charge in [0.15, 0.2) is 5.82 Å². The summed E-state index contributed by atoms with van der Waals surface area (Å²) in [6, 6.07) is 6.58. The van der Waals surface area contributed by atoms with Gasteiger partial charge in [-0.05, 0) is 17.2 Å². The molecule has 4 rings (SSSR count). The highest BCUT2D eigenvalue weighted by molar-refractivity contribution is 5.96. The van der Waals surface area contributed by atoms with Gasteiger partial charge in [0.1, 0.15) is 5.82 Å². The predicted molar refractivity (Wildman–Crippen MR) is 77.2 cm³/mol. The van der Waals surface area contributed by atoms with E-state index in [-0.39, 0.29) is 24.1 Å². The minimum atomic E-state index is -0.321. The van der Waals surface area contributed by atoms with Crippen LogP contribution in [0.3, 0.4) is 0 Å². The Morgan fingerprint density at radius 1 is 1.29 bits per heavy atom. The third kappa shape index (κ3) is 1.81. The van der Waals surface area contributed by atoms with Crippen LogP contribution in [0.25, 0.3) is 5.57 Å². The van der Waals surface area contributed by atoms with Crippen LogP contribution in [0.1, 0.15) is 29.2 Å². The third-order valence-corrected chi connectivity index (χ3v) is 3.92. The second-order valence-corrected chi connectivity index (χ2v) is 5.17. The molecule has 0 radical (unpaired) electrons. The number of allylic oxidation sites excluding steroid dienone is 4. The van der Waals surface area contributed by atoms with E-state index in [1.54, 1.807) is 18.2 Å². The number of hydrogen-bond donors (Lipinski definition) is 2. The highest BCUT2D eigenvalue weighted by Crippen LogP contribution is 2.41. The van der Waals surface area contributed by atoms with Gasteiger partial charge in [0, 0.05) is 17.9 Å². The average molecular weight is 281 g/mol. The molecule has 104 valence electrons. The molecule has 1 aromatic heterocycles. The number of anilines is 1. The number of H-pyrrole nitrogens is 1. The lowest BCUT2D eigenvalue weighted by Crippen LogP contribution is -2.24. The van der Waals surface area contributed by atoms with E-state index in [0.717, 1.165) is 16.8 Å². The molecule has 0 bridgehead atoms. The van der Waals surface area contributed by atoms with Crippen LogP contribution in [-0.2, 0) is 4.79 Å². The molecule has 0 saturated heterocycles. The monoisotopic (exact) mass is 281 g/mol. The van der Waals surface area contributed by atoms with Crippen LogP contribution in [0.2, 0.25) is 0 Å². The van der Waals surface area contributed by atoms with Crippen molar-refractivity contribution in [2.45, 2.75) is 12.3 Å². The molecular formula is C16H12FN3O. The van der Waals surface area contributed by atoms with Crippen molar-refractivity contribution >= 4 is 17.3 Å². The van der Waals surface area contributed by atoms with Gasteiger partial charge in [0.05, 0.1) is 5.69 Å². The molecule has 1 unspecified atom stereocenters. The quantitative estimate of drug-likeness (QED) is 0.889. The molecule has 2 aliphatic rings. The lowest BCUT2D eigenvalue weighted by molar-refractivity contribution is -0.116. The van der Waals surface area contributed by atoms with Crippen molar-refractivity contribution in [3.63, 3.8) is 0 Å². The zero-order chi connectivity index (χ0) is 14.4. The Labute approximate surface area is 120 Å². The number of carbonyl (C=O) groups excluding carboxylic acids is 1. The number of halogens is 1. The summed E-state index contributed by atoms with van der Waals surface area (Å²) in [5, 5.41) is 9.86. The fourth-order valence-corrected chi connectivity index (χ4v) is 2.86. The Balaban J connectivity index is 1.88. The summed E-state index contributed by atoms with van der Waals surface area (Å²) in [5.74, 6) is -0.269. The normalized spacial score (nSPS) is 19.6. The summed E-state index contributed by atoms with van der Waals surface area (Å²) in [4.78, 5) is 11.9. The number of fused-ring (bicyclic) bond motifs is 1. The Bertz CT molecular complexity index is 804. The first-order valence-corrected chi connectivity index (χ1v) is 6.75. The van der Waals surface area contributed by atoms with E-state index in [1.165, 1.54) is 6.07 Å². The van der Waals surface area contributed by atoms with Crippen molar-refractivity contribution in [3.8, 4) is 0 Å². The molecule has 5 heteroatoms. The molecule has 1 aliphatic carbocycles. The van der Waals surface area contributed by atoms with Crippen LogP contribution in [0.5, 0.6) is 0 Å². The molecular weight excluding hydrogens is 269 g/mol. The van der Waals surface area contributed by atoms with Crippen LogP contribution >= 0.6 is 0 Å². The maximum absolute atomic E-state index is 14.1. The minimum absolute atomic E-state index is 0.146. The highest BCUT2D eigenvalue weighted by atomic mass is 19.1. The summed E-state index contributed by atoms with van der Waals surface area (Å²) >= 11 is 0. The van der Waals surface area contributed by atoms with Crippen LogP contribution in [0.4, 0.5) is 10.2 Å². The standard InChI is InChI=1S/C16H12FN3O/c17-12-7-2-1-6-10(12)11-8-13(21)18-16-14(11)15(19-20-16)9-4-3-5-9/h1-7,11H,8H2,(H2,18,19,20,21). The van der Waals surface area contributed by atoms with Crippen molar-refractivity contribution < 1.29 is 9.18 Å². The van der Waals surface area contributed by atoms with Gasteiger partial charge in [-0.15, -0.1) is 0 Å². The SMILES string of the molecule is O=C1CC(c2ccccc2F)c2c(n[nH]c2C2=CC=C2)N1. The number of nitrogens with zero attached hydrogens (tertiary/aromatic N) is 1. The number of aromatic nitrogens is 2. The lowest BCUT2D eigenvalue weighted by atomic mass is 9.83. The van der Waals surface area contributed by atoms with E-state index in [1.807, 2.05) is 18.2 Å². The topological polar surface area (TPSA) is 57.8 Å². The zero-order valence-electron chi connectivity index (χ0n) is 11.1. The first kappa shape index (κ1) is 12.1. The summed E-state index contributed by atoms with van der Waals surface area (Å²) in [6.07, 6.45) is 6.07. The molecule has 1 atom stereocenters. The lowest BCUT2D eigenvalue weighted by Gasteiger charge is -2.24. The fraction of sp³-hybridized carbons (Fsp3) is 0.125. The number of rotatable bonds is 2. The van der Waals surface area contributed by atoms with E-state index in [4.69, 9.17) is 0 Å². The van der Waals surface area contributed by atoms with Crippen LogP contribution in [-0.4, -0.2) is 16.1 Å². The Morgan fingerprint density at radius 3 is 2.81 bits per heavy atom. The first-order valence-electron chi connectivity index (χ1n) is 6.75. The number of amides is 1. The molecule has 2 heterocycles. The van der Waals surface area contributed by atoms with E-state index in [2.05, 4.69) is 15.5 Å². The number of carbonyl (C=O) groups is 1. The van der Waals surface area contributed by atoms with Gasteiger partial charge in [-0.1, -0.05) is 36.4 Å². The van der Waals surface area contributed by atoms with Gasteiger partial charge in [0.2, 0.25) is 5.91 Å². The van der Waals surface area contributed by atoms with Crippen molar-refractivity contribution in [2.24, 2.45) is 0 Å². The van der Waals surface area contributed by atoms with E-state index < -0.39 is 0 Å². The fourth-order valence-electron chi connectivity index (χ4n) is 2.86. The van der Waals surface area contributed by atoms with Crippen molar-refractivity contribution in [3.05, 3.63) is 65.1 Å². The van der Waals surface area contributed by atoms with E-state index >= 15 is 0 Å². The second kappa shape index (κ2) is 4.41. The second-order valence-electron chi connectivity index (χ2n) is 5.17. The summed E-state index contributed by atoms with van der Waals surface area (Å²) in [5.41, 5.74) is 3.25. The van der Waals surface area contributed by atoms with Crippen molar-refractivity contribution in [1.82, 2.24) is 10.2 Å². The maximum atomic E-state index is 14.1. The molecule has 0 fully saturated rings. The summed E-state index contributed by atoms with van der Waals surface area (Å²) in [6.45, 7) is 0. The smallest absolute Gasteiger partial charge is 0.226 e. The number of hydrogen-bond acceptors (Lipinski definition) is 2. The van der Waals surface area contributed by atoms with Gasteiger partial charge in [-0.25, -0.2) is 4.39 Å². The maximum Gasteiger partial charge on any atom is 0.226 e. The Morgan fingerprint density at radius 2 is 2.10 bits per heavy atom. The van der Waals surface area contributed by atoms with Crippen LogP contribution < -0.4 is 5.32 Å². The van der Waals surface area contributed by atoms with Crippen LogP contribution in [0, 0.1) is 5.82 Å². The molecule has 0 spiro atoms. The van der Waals surface area contributed by atoms with Crippen LogP contribution in [0.15, 0.2) is 42.5 Å². The van der Waals surface area contributed by atoms with E-state index in [9.17, 15) is 9.18 Å². The average Bonchev–Trinajstić information content (AvgIpc) is 2.80. The first-order chi connectivity index (χ1) is 10.2. The summed E-state index contributed by atoms with van der Waals surface area (Å²) in [7, 11) is 0. The summed E-state index contributed by atoms with van der Waals surface area (Å²) < 4.78 is 14.1. The van der Waals surface area contributed by atoms with Crippen molar-refractivity contribution in [2.75, 3.05) is 5.32 Å². The van der Waals surface area contributed by atoms with E-state index in [0.29, 0.717) is 11.4 Å². The zero-order valence-corrected chi connectivity index (χ0v) is 11.1. The Hall–Kier alpha value is -2.69. The molecule has 21 heavy (non-hydrogen) atoms. The molecule has 1 aromatic carbocycles. The molecule has 2 N–H and O–H groups in total. The molecule has 1 amide bonds. The molecule has 0 saturated carbocycles. The minimum Gasteiger partial charge on any atom is -0.309 e. The molecule has 1 aliphatic heterocycles. The molecule has 4 nitrogen and oxygen atoms in total. The Kier molecular flexibility index (Phi) is 2.54. The van der Waals surface area contributed by atoms with Gasteiger partial charge in [-0.2, -0.15) is 5.10 Å². The number of aromatic amines is 1. The van der Waals surface area contributed by atoms with Crippen molar-refractivity contribution in [1.29, 1.82) is 0 Å². The van der Waals surface area contributed by atoms with Gasteiger partial charge < -0.3 is 5.32 Å². The third-order valence-electron chi connectivity index (χ3n) is 3.92. The van der Waals surface area contributed by atoms with Gasteiger partial charge in [0.25, 0.3) is 0 Å². The predicted octanol–water partition coefficient (Wildman–Crippen LogP) is 2.98. The highest BCUT2D eigenvalue weighted by Gasteiger charge is 2.33. The van der Waals surface area contributed by atoms with Gasteiger partial charge in [-0.3, -0.25) is 9.89 Å². The number of benzene rings is 1. The number of nitrogens with one attached hydrogen (secondary N) is 2. The van der Waals surface area contributed by atoms with Gasteiger partial charge >= 0.3 is 0 Å². The largest absolute Gasteiger partial charge is 0.309 e.